The van der Waals surface area contributed by atoms with Gasteiger partial charge in [-0.2, -0.15) is 0 Å². The van der Waals surface area contributed by atoms with Crippen molar-refractivity contribution in [2.24, 2.45) is 11.8 Å². The molecule has 2 aliphatic rings. The maximum Gasteiger partial charge on any atom is 0.237 e. The van der Waals surface area contributed by atoms with Gasteiger partial charge in [0.1, 0.15) is 0 Å². The molecule has 2 heterocycles. The Bertz CT molecular complexity index is 357. The molecule has 5 nitrogen and oxygen atoms in total. The van der Waals surface area contributed by atoms with Crippen molar-refractivity contribution >= 4 is 24.2 Å². The number of hydrogen-bond donors (Lipinski definition) is 2. The van der Waals surface area contributed by atoms with Gasteiger partial charge >= 0.3 is 0 Å². The summed E-state index contributed by atoms with van der Waals surface area (Å²) in [4.78, 5) is 25.9. The van der Waals surface area contributed by atoms with Crippen molar-refractivity contribution in [2.75, 3.05) is 26.2 Å². The maximum absolute atomic E-state index is 12.0. The van der Waals surface area contributed by atoms with Crippen LogP contribution in [0.15, 0.2) is 0 Å². The third kappa shape index (κ3) is 5.15. The van der Waals surface area contributed by atoms with Crippen LogP contribution in [0.2, 0.25) is 0 Å². The third-order valence-corrected chi connectivity index (χ3v) is 4.27. The van der Waals surface area contributed by atoms with Crippen LogP contribution < -0.4 is 10.6 Å². The van der Waals surface area contributed by atoms with Crippen LogP contribution >= 0.6 is 12.4 Å². The number of hydrogen-bond acceptors (Lipinski definition) is 3. The van der Waals surface area contributed by atoms with Crippen LogP contribution in [0.1, 0.15) is 39.5 Å². The predicted molar refractivity (Wildman–Crippen MR) is 85.4 cm³/mol. The van der Waals surface area contributed by atoms with Crippen molar-refractivity contribution in [3.05, 3.63) is 0 Å². The minimum absolute atomic E-state index is 0. The lowest BCUT2D eigenvalue weighted by Crippen LogP contribution is -2.47. The topological polar surface area (TPSA) is 61.4 Å². The number of likely N-dealkylation sites (tertiary alicyclic amines) is 1. The Kier molecular flexibility index (Phi) is 7.46. The SMILES string of the molecule is CC(C)C(=O)N1CCCC(CNC(=O)C2CCCN2)C1.Cl. The van der Waals surface area contributed by atoms with Crippen molar-refractivity contribution in [3.8, 4) is 0 Å². The molecule has 0 aromatic rings. The standard InChI is InChI=1S/C15H27N3O2.ClH/c1-11(2)15(20)18-8-4-5-12(10-18)9-17-14(19)13-6-3-7-16-13;/h11-13,16H,3-10H2,1-2H3,(H,17,19);1H. The van der Waals surface area contributed by atoms with E-state index in [0.29, 0.717) is 12.5 Å². The minimum atomic E-state index is -0.00742. The van der Waals surface area contributed by atoms with Gasteiger partial charge < -0.3 is 15.5 Å². The molecule has 0 aliphatic carbocycles. The molecular formula is C15H28ClN3O2. The summed E-state index contributed by atoms with van der Waals surface area (Å²) in [5.74, 6) is 0.816. The van der Waals surface area contributed by atoms with Crippen LogP contribution in [-0.2, 0) is 9.59 Å². The van der Waals surface area contributed by atoms with Gasteiger partial charge in [-0.3, -0.25) is 9.59 Å². The number of carbonyl (C=O) groups is 2. The van der Waals surface area contributed by atoms with Crippen molar-refractivity contribution < 1.29 is 9.59 Å². The fourth-order valence-electron chi connectivity index (χ4n) is 3.07. The lowest BCUT2D eigenvalue weighted by atomic mass is 9.96. The molecule has 2 fully saturated rings. The van der Waals surface area contributed by atoms with E-state index in [4.69, 9.17) is 0 Å². The molecule has 0 radical (unpaired) electrons. The Balaban J connectivity index is 0.00000220. The zero-order valence-electron chi connectivity index (χ0n) is 13.1. The molecule has 122 valence electrons. The lowest BCUT2D eigenvalue weighted by Gasteiger charge is -2.34. The summed E-state index contributed by atoms with van der Waals surface area (Å²) in [6, 6.07) is -0.00742. The Labute approximate surface area is 133 Å². The second-order valence-corrected chi connectivity index (χ2v) is 6.34. The molecule has 2 unspecified atom stereocenters. The van der Waals surface area contributed by atoms with Crippen molar-refractivity contribution in [1.82, 2.24) is 15.5 Å². The number of nitrogens with zero attached hydrogens (tertiary/aromatic N) is 1. The zero-order chi connectivity index (χ0) is 14.5. The molecule has 2 amide bonds. The normalized spacial score (nSPS) is 25.6. The minimum Gasteiger partial charge on any atom is -0.354 e. The van der Waals surface area contributed by atoms with E-state index in [-0.39, 0.29) is 36.2 Å². The molecule has 2 atom stereocenters. The van der Waals surface area contributed by atoms with Crippen LogP contribution in [0.3, 0.4) is 0 Å². The highest BCUT2D eigenvalue weighted by Crippen LogP contribution is 2.18. The molecule has 0 spiro atoms. The Hall–Kier alpha value is -0.810. The molecular weight excluding hydrogens is 290 g/mol. The molecule has 0 aromatic heterocycles. The number of carbonyl (C=O) groups excluding carboxylic acids is 2. The highest BCUT2D eigenvalue weighted by molar-refractivity contribution is 5.85. The summed E-state index contributed by atoms with van der Waals surface area (Å²) in [6.07, 6.45) is 4.16. The summed E-state index contributed by atoms with van der Waals surface area (Å²) in [5.41, 5.74) is 0. The van der Waals surface area contributed by atoms with E-state index in [1.807, 2.05) is 18.7 Å². The van der Waals surface area contributed by atoms with Gasteiger partial charge in [0.2, 0.25) is 11.8 Å². The number of rotatable bonds is 4. The molecule has 2 aliphatic heterocycles. The van der Waals surface area contributed by atoms with Gasteiger partial charge in [-0.15, -0.1) is 12.4 Å². The van der Waals surface area contributed by atoms with Crippen LogP contribution in [-0.4, -0.2) is 48.9 Å². The van der Waals surface area contributed by atoms with Crippen molar-refractivity contribution in [1.29, 1.82) is 0 Å². The summed E-state index contributed by atoms with van der Waals surface area (Å²) in [7, 11) is 0. The first-order valence-corrected chi connectivity index (χ1v) is 7.88. The lowest BCUT2D eigenvalue weighted by molar-refractivity contribution is -0.136. The Morgan fingerprint density at radius 2 is 2.05 bits per heavy atom. The van der Waals surface area contributed by atoms with Crippen LogP contribution in [0.5, 0.6) is 0 Å². The molecule has 0 aromatic carbocycles. The van der Waals surface area contributed by atoms with E-state index in [1.165, 1.54) is 0 Å². The quantitative estimate of drug-likeness (QED) is 0.818. The third-order valence-electron chi connectivity index (χ3n) is 4.27. The number of amides is 2. The smallest absolute Gasteiger partial charge is 0.237 e. The molecule has 21 heavy (non-hydrogen) atoms. The first kappa shape index (κ1) is 18.2. The second-order valence-electron chi connectivity index (χ2n) is 6.34. The molecule has 2 saturated heterocycles. The van der Waals surface area contributed by atoms with E-state index in [0.717, 1.165) is 45.3 Å². The summed E-state index contributed by atoms with van der Waals surface area (Å²) in [6.45, 7) is 7.18. The summed E-state index contributed by atoms with van der Waals surface area (Å²) >= 11 is 0. The highest BCUT2D eigenvalue weighted by atomic mass is 35.5. The number of piperidine rings is 1. The van der Waals surface area contributed by atoms with E-state index < -0.39 is 0 Å². The fourth-order valence-corrected chi connectivity index (χ4v) is 3.07. The van der Waals surface area contributed by atoms with E-state index in [2.05, 4.69) is 10.6 Å². The zero-order valence-corrected chi connectivity index (χ0v) is 13.9. The Morgan fingerprint density at radius 1 is 1.29 bits per heavy atom. The van der Waals surface area contributed by atoms with Crippen LogP contribution in [0, 0.1) is 11.8 Å². The van der Waals surface area contributed by atoms with Gasteiger partial charge in [0, 0.05) is 25.6 Å². The van der Waals surface area contributed by atoms with Crippen molar-refractivity contribution in [2.45, 2.75) is 45.6 Å². The van der Waals surface area contributed by atoms with Gasteiger partial charge in [0.25, 0.3) is 0 Å². The number of halogens is 1. The first-order valence-electron chi connectivity index (χ1n) is 7.88. The predicted octanol–water partition coefficient (Wildman–Crippen LogP) is 1.17. The molecule has 2 N–H and O–H groups in total. The average Bonchev–Trinajstić information content (AvgIpc) is 2.98. The van der Waals surface area contributed by atoms with Crippen LogP contribution in [0.4, 0.5) is 0 Å². The van der Waals surface area contributed by atoms with Gasteiger partial charge in [0.15, 0.2) is 0 Å². The largest absolute Gasteiger partial charge is 0.354 e. The van der Waals surface area contributed by atoms with Gasteiger partial charge in [-0.25, -0.2) is 0 Å². The second kappa shape index (κ2) is 8.59. The number of nitrogens with one attached hydrogen (secondary N) is 2. The molecule has 6 heteroatoms. The molecule has 0 bridgehead atoms. The van der Waals surface area contributed by atoms with E-state index in [9.17, 15) is 9.59 Å². The first-order chi connectivity index (χ1) is 9.58. The van der Waals surface area contributed by atoms with Gasteiger partial charge in [-0.05, 0) is 38.1 Å². The van der Waals surface area contributed by atoms with Gasteiger partial charge in [0.05, 0.1) is 6.04 Å². The van der Waals surface area contributed by atoms with E-state index in [1.54, 1.807) is 0 Å². The van der Waals surface area contributed by atoms with E-state index >= 15 is 0 Å². The molecule has 0 saturated carbocycles. The molecule has 2 rings (SSSR count). The van der Waals surface area contributed by atoms with Gasteiger partial charge in [-0.1, -0.05) is 13.8 Å². The monoisotopic (exact) mass is 317 g/mol. The maximum atomic E-state index is 12.0. The average molecular weight is 318 g/mol. The Morgan fingerprint density at radius 3 is 2.67 bits per heavy atom. The fraction of sp³-hybridized carbons (Fsp3) is 0.867. The van der Waals surface area contributed by atoms with Crippen LogP contribution in [0.25, 0.3) is 0 Å². The van der Waals surface area contributed by atoms with Crippen molar-refractivity contribution in [3.63, 3.8) is 0 Å². The summed E-state index contributed by atoms with van der Waals surface area (Å²) < 4.78 is 0. The summed E-state index contributed by atoms with van der Waals surface area (Å²) in [5, 5.41) is 6.25. The highest BCUT2D eigenvalue weighted by Gasteiger charge is 2.27.